The van der Waals surface area contributed by atoms with Gasteiger partial charge in [-0.3, -0.25) is 4.79 Å². The highest BCUT2D eigenvalue weighted by Gasteiger charge is 2.21. The molecule has 0 bridgehead atoms. The number of ether oxygens (including phenoxy) is 1. The Labute approximate surface area is 117 Å². The van der Waals surface area contributed by atoms with Crippen LogP contribution in [0, 0.1) is 0 Å². The van der Waals surface area contributed by atoms with Crippen molar-refractivity contribution in [3.05, 3.63) is 42.5 Å². The van der Waals surface area contributed by atoms with Gasteiger partial charge in [-0.1, -0.05) is 30.3 Å². The molecule has 0 spiro atoms. The number of nitrogens with one attached hydrogen (secondary N) is 1. The predicted molar refractivity (Wildman–Crippen MR) is 73.2 cm³/mol. The molecule has 0 radical (unpaired) electrons. The molecule has 1 saturated heterocycles. The minimum absolute atomic E-state index is 0.113. The van der Waals surface area contributed by atoms with Crippen LogP contribution in [0.25, 0.3) is 11.3 Å². The molecule has 104 valence electrons. The normalized spacial score (nSPS) is 18.1. The molecule has 1 amide bonds. The van der Waals surface area contributed by atoms with Gasteiger partial charge in [0.25, 0.3) is 5.91 Å². The Hall–Kier alpha value is -2.14. The second kappa shape index (κ2) is 5.88. The van der Waals surface area contributed by atoms with E-state index in [9.17, 15) is 4.79 Å². The summed E-state index contributed by atoms with van der Waals surface area (Å²) in [6.45, 7) is 1.28. The van der Waals surface area contributed by atoms with Crippen LogP contribution in [0.3, 0.4) is 0 Å². The van der Waals surface area contributed by atoms with Crippen molar-refractivity contribution in [2.75, 3.05) is 13.2 Å². The maximum Gasteiger partial charge on any atom is 0.289 e. The van der Waals surface area contributed by atoms with Gasteiger partial charge in [0.15, 0.2) is 6.39 Å². The molecular formula is C15H16N2O3. The summed E-state index contributed by atoms with van der Waals surface area (Å²) in [4.78, 5) is 16.3. The molecule has 1 unspecified atom stereocenters. The van der Waals surface area contributed by atoms with Gasteiger partial charge >= 0.3 is 0 Å². The Bertz CT molecular complexity index is 574. The number of rotatable bonds is 4. The van der Waals surface area contributed by atoms with E-state index in [0.29, 0.717) is 12.2 Å². The molecule has 1 atom stereocenters. The second-order valence-corrected chi connectivity index (χ2v) is 4.74. The molecule has 5 nitrogen and oxygen atoms in total. The van der Waals surface area contributed by atoms with Crippen LogP contribution in [-0.4, -0.2) is 30.1 Å². The van der Waals surface area contributed by atoms with Crippen LogP contribution in [0.4, 0.5) is 0 Å². The van der Waals surface area contributed by atoms with Crippen LogP contribution in [0.15, 0.2) is 41.1 Å². The molecular weight excluding hydrogens is 256 g/mol. The lowest BCUT2D eigenvalue weighted by atomic mass is 10.1. The Morgan fingerprint density at radius 2 is 2.20 bits per heavy atom. The summed E-state index contributed by atoms with van der Waals surface area (Å²) in [7, 11) is 0. The van der Waals surface area contributed by atoms with Gasteiger partial charge in [0, 0.05) is 18.7 Å². The van der Waals surface area contributed by atoms with Crippen LogP contribution in [-0.2, 0) is 4.74 Å². The smallest absolute Gasteiger partial charge is 0.289 e. The number of carbonyl (C=O) groups excluding carboxylic acids is 1. The van der Waals surface area contributed by atoms with Gasteiger partial charge in [0.1, 0.15) is 5.69 Å². The molecule has 3 rings (SSSR count). The fourth-order valence-electron chi connectivity index (χ4n) is 2.30. The molecule has 20 heavy (non-hydrogen) atoms. The van der Waals surface area contributed by atoms with E-state index in [1.165, 1.54) is 6.39 Å². The number of carbonyl (C=O) groups is 1. The van der Waals surface area contributed by atoms with Gasteiger partial charge in [-0.15, -0.1) is 0 Å². The first-order valence-electron chi connectivity index (χ1n) is 6.73. The minimum Gasteiger partial charge on any atom is -0.438 e. The van der Waals surface area contributed by atoms with Gasteiger partial charge in [-0.25, -0.2) is 4.98 Å². The Morgan fingerprint density at radius 1 is 1.35 bits per heavy atom. The highest BCUT2D eigenvalue weighted by atomic mass is 16.5. The lowest BCUT2D eigenvalue weighted by Gasteiger charge is -2.10. The van der Waals surface area contributed by atoms with E-state index >= 15 is 0 Å². The number of aromatic nitrogens is 1. The van der Waals surface area contributed by atoms with Crippen molar-refractivity contribution in [1.29, 1.82) is 0 Å². The molecule has 0 aliphatic carbocycles. The van der Waals surface area contributed by atoms with Crippen molar-refractivity contribution in [2.45, 2.75) is 18.9 Å². The minimum atomic E-state index is -0.253. The molecule has 1 fully saturated rings. The quantitative estimate of drug-likeness (QED) is 0.927. The maximum atomic E-state index is 12.2. The monoisotopic (exact) mass is 272 g/mol. The lowest BCUT2D eigenvalue weighted by molar-refractivity contribution is 0.0836. The first kappa shape index (κ1) is 12.9. The molecule has 1 aliphatic rings. The first-order chi connectivity index (χ1) is 9.84. The van der Waals surface area contributed by atoms with Crippen LogP contribution < -0.4 is 5.32 Å². The largest absolute Gasteiger partial charge is 0.438 e. The summed E-state index contributed by atoms with van der Waals surface area (Å²) < 4.78 is 10.7. The van der Waals surface area contributed by atoms with Gasteiger partial charge < -0.3 is 14.5 Å². The number of amides is 1. The van der Waals surface area contributed by atoms with Crippen LogP contribution >= 0.6 is 0 Å². The van der Waals surface area contributed by atoms with E-state index in [2.05, 4.69) is 10.3 Å². The molecule has 2 aromatic rings. The average molecular weight is 272 g/mol. The first-order valence-corrected chi connectivity index (χ1v) is 6.73. The topological polar surface area (TPSA) is 64.4 Å². The fraction of sp³-hybridized carbons (Fsp3) is 0.333. The summed E-state index contributed by atoms with van der Waals surface area (Å²) in [5, 5.41) is 2.84. The standard InChI is InChI=1S/C15H16N2O3/c18-15(16-9-12-7-4-8-19-12)14-13(17-10-20-14)11-5-2-1-3-6-11/h1-3,5-6,10,12H,4,7-9H2,(H,16,18). The summed E-state index contributed by atoms with van der Waals surface area (Å²) in [6, 6.07) is 9.51. The number of nitrogens with zero attached hydrogens (tertiary/aromatic N) is 1. The van der Waals surface area contributed by atoms with Crippen molar-refractivity contribution in [3.8, 4) is 11.3 Å². The highest BCUT2D eigenvalue weighted by molar-refractivity contribution is 5.97. The summed E-state index contributed by atoms with van der Waals surface area (Å²) in [5.41, 5.74) is 1.43. The number of benzene rings is 1. The second-order valence-electron chi connectivity index (χ2n) is 4.74. The average Bonchev–Trinajstić information content (AvgIpc) is 3.17. The number of hydrogen-bond acceptors (Lipinski definition) is 4. The van der Waals surface area contributed by atoms with Crippen molar-refractivity contribution >= 4 is 5.91 Å². The summed E-state index contributed by atoms with van der Waals surface area (Å²) in [5.74, 6) is -0.00829. The maximum absolute atomic E-state index is 12.2. The van der Waals surface area contributed by atoms with E-state index in [1.807, 2.05) is 30.3 Å². The molecule has 1 aromatic heterocycles. The van der Waals surface area contributed by atoms with E-state index in [1.54, 1.807) is 0 Å². The lowest BCUT2D eigenvalue weighted by Crippen LogP contribution is -2.31. The van der Waals surface area contributed by atoms with Crippen molar-refractivity contribution in [2.24, 2.45) is 0 Å². The van der Waals surface area contributed by atoms with Gasteiger partial charge in [-0.2, -0.15) is 0 Å². The molecule has 1 aromatic carbocycles. The van der Waals surface area contributed by atoms with Crippen LogP contribution in [0.1, 0.15) is 23.4 Å². The third kappa shape index (κ3) is 2.72. The van der Waals surface area contributed by atoms with E-state index in [4.69, 9.17) is 9.15 Å². The Morgan fingerprint density at radius 3 is 2.95 bits per heavy atom. The van der Waals surface area contributed by atoms with Crippen molar-refractivity contribution < 1.29 is 13.9 Å². The summed E-state index contributed by atoms with van der Waals surface area (Å²) in [6.07, 6.45) is 3.45. The third-order valence-electron chi connectivity index (χ3n) is 3.34. The number of oxazole rings is 1. The van der Waals surface area contributed by atoms with Gasteiger partial charge in [0.05, 0.1) is 6.10 Å². The van der Waals surface area contributed by atoms with Gasteiger partial charge in [0.2, 0.25) is 5.76 Å². The van der Waals surface area contributed by atoms with Crippen LogP contribution in [0.5, 0.6) is 0 Å². The van der Waals surface area contributed by atoms with Crippen molar-refractivity contribution in [1.82, 2.24) is 10.3 Å². The highest BCUT2D eigenvalue weighted by Crippen LogP contribution is 2.21. The van der Waals surface area contributed by atoms with E-state index < -0.39 is 0 Å². The van der Waals surface area contributed by atoms with Crippen LogP contribution in [0.2, 0.25) is 0 Å². The molecule has 5 heteroatoms. The Kier molecular flexibility index (Phi) is 3.78. The SMILES string of the molecule is O=C(NCC1CCCO1)c1ocnc1-c1ccccc1. The molecule has 0 saturated carbocycles. The van der Waals surface area contributed by atoms with E-state index in [-0.39, 0.29) is 17.8 Å². The van der Waals surface area contributed by atoms with E-state index in [0.717, 1.165) is 25.0 Å². The third-order valence-corrected chi connectivity index (χ3v) is 3.34. The number of hydrogen-bond donors (Lipinski definition) is 1. The molecule has 1 N–H and O–H groups in total. The zero-order chi connectivity index (χ0) is 13.8. The molecule has 1 aliphatic heterocycles. The summed E-state index contributed by atoms with van der Waals surface area (Å²) >= 11 is 0. The molecule has 2 heterocycles. The fourth-order valence-corrected chi connectivity index (χ4v) is 2.30. The van der Waals surface area contributed by atoms with Gasteiger partial charge in [-0.05, 0) is 12.8 Å². The zero-order valence-corrected chi connectivity index (χ0v) is 11.0. The Balaban J connectivity index is 1.70. The predicted octanol–water partition coefficient (Wildman–Crippen LogP) is 2.25. The zero-order valence-electron chi connectivity index (χ0n) is 11.0. The van der Waals surface area contributed by atoms with Crippen molar-refractivity contribution in [3.63, 3.8) is 0 Å².